The number of amides is 1. The van der Waals surface area contributed by atoms with Crippen LogP contribution < -0.4 is 5.32 Å². The first-order valence-electron chi connectivity index (χ1n) is 9.54. The molecule has 30 heavy (non-hydrogen) atoms. The molecule has 6 nitrogen and oxygen atoms in total. The lowest BCUT2D eigenvalue weighted by Crippen LogP contribution is -2.30. The van der Waals surface area contributed by atoms with E-state index in [-0.39, 0.29) is 17.7 Å². The van der Waals surface area contributed by atoms with Gasteiger partial charge in [-0.3, -0.25) is 9.78 Å². The number of rotatable bonds is 7. The number of aromatic nitrogens is 4. The summed E-state index contributed by atoms with van der Waals surface area (Å²) >= 11 is 1.36. The molecule has 1 N–H and O–H groups in total. The summed E-state index contributed by atoms with van der Waals surface area (Å²) in [7, 11) is 1.90. The number of carbonyl (C=O) groups is 1. The van der Waals surface area contributed by atoms with Crippen LogP contribution in [-0.2, 0) is 11.8 Å². The molecule has 0 unspecified atom stereocenters. The van der Waals surface area contributed by atoms with E-state index < -0.39 is 0 Å². The van der Waals surface area contributed by atoms with Crippen LogP contribution in [0.25, 0.3) is 11.4 Å². The second kappa shape index (κ2) is 9.37. The predicted molar refractivity (Wildman–Crippen MR) is 118 cm³/mol. The summed E-state index contributed by atoms with van der Waals surface area (Å²) in [5, 5.41) is 12.3. The van der Waals surface area contributed by atoms with Crippen LogP contribution in [0.3, 0.4) is 0 Å². The molecule has 0 bridgehead atoms. The van der Waals surface area contributed by atoms with E-state index in [1.807, 2.05) is 84.4 Å². The Morgan fingerprint density at radius 1 is 0.933 bits per heavy atom. The van der Waals surface area contributed by atoms with Gasteiger partial charge in [-0.05, 0) is 23.3 Å². The highest BCUT2D eigenvalue weighted by atomic mass is 32.2. The zero-order valence-electron chi connectivity index (χ0n) is 16.5. The molecule has 0 fully saturated rings. The molecule has 4 aromatic rings. The highest BCUT2D eigenvalue weighted by Gasteiger charge is 2.18. The van der Waals surface area contributed by atoms with Crippen molar-refractivity contribution in [3.8, 4) is 11.4 Å². The largest absolute Gasteiger partial charge is 0.344 e. The third-order valence-corrected chi connectivity index (χ3v) is 5.70. The molecule has 2 aromatic carbocycles. The summed E-state index contributed by atoms with van der Waals surface area (Å²) in [5.41, 5.74) is 3.02. The lowest BCUT2D eigenvalue weighted by molar-refractivity contribution is -0.119. The van der Waals surface area contributed by atoms with Gasteiger partial charge in [-0.25, -0.2) is 0 Å². The topological polar surface area (TPSA) is 72.7 Å². The van der Waals surface area contributed by atoms with Crippen molar-refractivity contribution in [2.45, 2.75) is 11.2 Å². The lowest BCUT2D eigenvalue weighted by Gasteiger charge is -2.19. The minimum absolute atomic E-state index is 0.0637. The number of nitrogens with zero attached hydrogens (tertiary/aromatic N) is 4. The fraction of sp³-hybridized carbons (Fsp3) is 0.130. The monoisotopic (exact) mass is 415 g/mol. The van der Waals surface area contributed by atoms with Crippen LogP contribution in [0, 0.1) is 0 Å². The Kier molecular flexibility index (Phi) is 6.20. The first-order chi connectivity index (χ1) is 14.7. The quantitative estimate of drug-likeness (QED) is 0.464. The van der Waals surface area contributed by atoms with Gasteiger partial charge in [0, 0.05) is 25.0 Å². The maximum Gasteiger partial charge on any atom is 0.231 e. The fourth-order valence-corrected chi connectivity index (χ4v) is 3.90. The molecule has 4 rings (SSSR count). The molecule has 0 aliphatic rings. The van der Waals surface area contributed by atoms with Crippen molar-refractivity contribution in [2.24, 2.45) is 7.05 Å². The van der Waals surface area contributed by atoms with Gasteiger partial charge < -0.3 is 9.88 Å². The van der Waals surface area contributed by atoms with Crippen molar-refractivity contribution in [3.05, 3.63) is 96.3 Å². The minimum Gasteiger partial charge on any atom is -0.344 e. The Balaban J connectivity index is 1.45. The minimum atomic E-state index is -0.202. The van der Waals surface area contributed by atoms with Crippen molar-refractivity contribution < 1.29 is 4.79 Å². The van der Waals surface area contributed by atoms with E-state index in [4.69, 9.17) is 0 Å². The van der Waals surface area contributed by atoms with E-state index in [0.717, 1.165) is 22.5 Å². The molecule has 0 aliphatic heterocycles. The van der Waals surface area contributed by atoms with Crippen molar-refractivity contribution in [1.82, 2.24) is 25.1 Å². The van der Waals surface area contributed by atoms with Gasteiger partial charge in [0.2, 0.25) is 5.91 Å². The van der Waals surface area contributed by atoms with E-state index in [0.29, 0.717) is 5.16 Å². The van der Waals surface area contributed by atoms with E-state index in [2.05, 4.69) is 20.5 Å². The lowest BCUT2D eigenvalue weighted by atomic mass is 9.99. The standard InChI is InChI=1S/C23H21N5OS/c1-28-22(19-12-14-24-15-13-19)26-27-23(28)30-16-20(29)25-21(17-8-4-2-5-9-17)18-10-6-3-7-11-18/h2-15,21H,16H2,1H3,(H,25,29). The molecule has 2 heterocycles. The molecule has 0 aliphatic carbocycles. The van der Waals surface area contributed by atoms with Crippen LogP contribution in [0.5, 0.6) is 0 Å². The number of hydrogen-bond acceptors (Lipinski definition) is 5. The Morgan fingerprint density at radius 2 is 1.53 bits per heavy atom. The SMILES string of the molecule is Cn1c(SCC(=O)NC(c2ccccc2)c2ccccc2)nnc1-c1ccncc1. The summed E-state index contributed by atoms with van der Waals surface area (Å²) in [5.74, 6) is 0.927. The van der Waals surface area contributed by atoms with E-state index >= 15 is 0 Å². The Labute approximate surface area is 179 Å². The molecule has 0 saturated heterocycles. The number of benzene rings is 2. The third-order valence-electron chi connectivity index (χ3n) is 4.68. The zero-order chi connectivity index (χ0) is 20.8. The second-order valence-electron chi connectivity index (χ2n) is 6.71. The zero-order valence-corrected chi connectivity index (χ0v) is 17.3. The van der Waals surface area contributed by atoms with Gasteiger partial charge in [0.1, 0.15) is 0 Å². The van der Waals surface area contributed by atoms with Gasteiger partial charge in [-0.2, -0.15) is 0 Å². The second-order valence-corrected chi connectivity index (χ2v) is 7.65. The predicted octanol–water partition coefficient (Wildman–Crippen LogP) is 3.88. The number of hydrogen-bond donors (Lipinski definition) is 1. The van der Waals surface area contributed by atoms with Gasteiger partial charge in [-0.1, -0.05) is 72.4 Å². The first kappa shape index (κ1) is 19.8. The molecular formula is C23H21N5OS. The van der Waals surface area contributed by atoms with Crippen LogP contribution in [0.4, 0.5) is 0 Å². The maximum absolute atomic E-state index is 12.8. The van der Waals surface area contributed by atoms with E-state index in [1.54, 1.807) is 12.4 Å². The van der Waals surface area contributed by atoms with Gasteiger partial charge in [-0.15, -0.1) is 10.2 Å². The summed E-state index contributed by atoms with van der Waals surface area (Å²) in [4.78, 5) is 16.8. The summed E-state index contributed by atoms with van der Waals surface area (Å²) in [6, 6.07) is 23.5. The fourth-order valence-electron chi connectivity index (χ4n) is 3.18. The highest BCUT2D eigenvalue weighted by molar-refractivity contribution is 7.99. The third kappa shape index (κ3) is 4.58. The molecule has 1 amide bonds. The van der Waals surface area contributed by atoms with E-state index in [9.17, 15) is 4.79 Å². The number of nitrogens with one attached hydrogen (secondary N) is 1. The van der Waals surface area contributed by atoms with E-state index in [1.165, 1.54) is 11.8 Å². The van der Waals surface area contributed by atoms with Crippen LogP contribution in [0.2, 0.25) is 0 Å². The normalized spacial score (nSPS) is 10.9. The average molecular weight is 416 g/mol. The van der Waals surface area contributed by atoms with Crippen LogP contribution >= 0.6 is 11.8 Å². The van der Waals surface area contributed by atoms with Crippen molar-refractivity contribution in [3.63, 3.8) is 0 Å². The molecular weight excluding hydrogens is 394 g/mol. The van der Waals surface area contributed by atoms with Gasteiger partial charge in [0.15, 0.2) is 11.0 Å². The Morgan fingerprint density at radius 3 is 2.13 bits per heavy atom. The van der Waals surface area contributed by atoms with Gasteiger partial charge >= 0.3 is 0 Å². The molecule has 0 spiro atoms. The first-order valence-corrected chi connectivity index (χ1v) is 10.5. The maximum atomic E-state index is 12.8. The van der Waals surface area contributed by atoms with Crippen molar-refractivity contribution in [1.29, 1.82) is 0 Å². The Bertz CT molecular complexity index is 1060. The highest BCUT2D eigenvalue weighted by Crippen LogP contribution is 2.24. The van der Waals surface area contributed by atoms with Crippen LogP contribution in [0.1, 0.15) is 17.2 Å². The Hall–Kier alpha value is -3.45. The van der Waals surface area contributed by atoms with Crippen molar-refractivity contribution >= 4 is 17.7 Å². The summed E-state index contributed by atoms with van der Waals surface area (Å²) < 4.78 is 1.89. The molecule has 7 heteroatoms. The van der Waals surface area contributed by atoms with Crippen LogP contribution in [-0.4, -0.2) is 31.4 Å². The number of thioether (sulfide) groups is 1. The summed E-state index contributed by atoms with van der Waals surface area (Å²) in [6.07, 6.45) is 3.44. The molecule has 0 saturated carbocycles. The summed E-state index contributed by atoms with van der Waals surface area (Å²) in [6.45, 7) is 0. The smallest absolute Gasteiger partial charge is 0.231 e. The number of pyridine rings is 1. The van der Waals surface area contributed by atoms with Crippen molar-refractivity contribution in [2.75, 3.05) is 5.75 Å². The molecule has 0 radical (unpaired) electrons. The molecule has 150 valence electrons. The average Bonchev–Trinajstić information content (AvgIpc) is 3.18. The van der Waals surface area contributed by atoms with Gasteiger partial charge in [0.05, 0.1) is 11.8 Å². The number of carbonyl (C=O) groups excluding carboxylic acids is 1. The molecule has 2 aromatic heterocycles. The van der Waals surface area contributed by atoms with Crippen LogP contribution in [0.15, 0.2) is 90.3 Å². The van der Waals surface area contributed by atoms with Gasteiger partial charge in [0.25, 0.3) is 0 Å². The molecule has 0 atom stereocenters.